The summed E-state index contributed by atoms with van der Waals surface area (Å²) in [6.07, 6.45) is 2.96. The van der Waals surface area contributed by atoms with Gasteiger partial charge in [-0.2, -0.15) is 5.10 Å². The molecule has 2 atom stereocenters. The molecule has 1 aliphatic rings. The quantitative estimate of drug-likeness (QED) is 0.788. The molecule has 2 heterocycles. The van der Waals surface area contributed by atoms with Crippen molar-refractivity contribution in [3.05, 3.63) is 47.8 Å². The van der Waals surface area contributed by atoms with Gasteiger partial charge < -0.3 is 19.9 Å². The van der Waals surface area contributed by atoms with E-state index in [-0.39, 0.29) is 11.8 Å². The van der Waals surface area contributed by atoms with Crippen LogP contribution in [-0.2, 0) is 16.6 Å². The molecule has 8 nitrogen and oxygen atoms in total. The Kier molecular flexibility index (Phi) is 6.53. The number of hydrogen-bond acceptors (Lipinski definition) is 5. The first-order chi connectivity index (χ1) is 13.9. The van der Waals surface area contributed by atoms with Crippen molar-refractivity contribution in [3.63, 3.8) is 0 Å². The molecule has 3 rings (SSSR count). The highest BCUT2D eigenvalue weighted by Gasteiger charge is 2.31. The van der Waals surface area contributed by atoms with Crippen LogP contribution in [0.3, 0.4) is 0 Å². The Morgan fingerprint density at radius 3 is 2.34 bits per heavy atom. The maximum atomic E-state index is 12.9. The molecule has 1 aliphatic heterocycles. The van der Waals surface area contributed by atoms with E-state index in [0.29, 0.717) is 31.9 Å². The first-order valence-corrected chi connectivity index (χ1v) is 9.85. The molecular weight excluding hydrogens is 370 g/mol. The van der Waals surface area contributed by atoms with Gasteiger partial charge in [-0.25, -0.2) is 0 Å². The second kappa shape index (κ2) is 9.09. The standard InChI is InChI=1S/C21H29N5O3/c1-15-6-5-7-18(12-15)29-16(2)20(27)25-8-10-26(11-9-25)21(28)19(22-3)17-13-23-24(4)14-17/h5-7,12-14,16,19,22H,8-11H2,1-4H3. The van der Waals surface area contributed by atoms with Gasteiger partial charge in [0.25, 0.3) is 5.91 Å². The number of benzene rings is 1. The van der Waals surface area contributed by atoms with E-state index in [9.17, 15) is 9.59 Å². The van der Waals surface area contributed by atoms with Gasteiger partial charge in [0.15, 0.2) is 6.10 Å². The summed E-state index contributed by atoms with van der Waals surface area (Å²) in [6, 6.07) is 7.22. The molecular formula is C21H29N5O3. The van der Waals surface area contributed by atoms with Crippen LogP contribution in [0.5, 0.6) is 5.75 Å². The van der Waals surface area contributed by atoms with E-state index < -0.39 is 12.1 Å². The first-order valence-electron chi connectivity index (χ1n) is 9.85. The van der Waals surface area contributed by atoms with Crippen molar-refractivity contribution in [2.75, 3.05) is 33.2 Å². The minimum atomic E-state index is -0.570. The van der Waals surface area contributed by atoms with Crippen LogP contribution in [0.1, 0.15) is 24.1 Å². The van der Waals surface area contributed by atoms with Crippen LogP contribution in [0.2, 0.25) is 0 Å². The first kappa shape index (κ1) is 20.9. The molecule has 29 heavy (non-hydrogen) atoms. The fraction of sp³-hybridized carbons (Fsp3) is 0.476. The summed E-state index contributed by atoms with van der Waals surface area (Å²) in [5.41, 5.74) is 1.92. The molecule has 156 valence electrons. The maximum absolute atomic E-state index is 12.9. The largest absolute Gasteiger partial charge is 0.481 e. The normalized spacial score (nSPS) is 16.4. The monoisotopic (exact) mass is 399 g/mol. The number of aryl methyl sites for hydroxylation is 2. The van der Waals surface area contributed by atoms with Crippen molar-refractivity contribution in [3.8, 4) is 5.75 Å². The molecule has 0 bridgehead atoms. The molecule has 1 aromatic carbocycles. The molecule has 1 aromatic heterocycles. The van der Waals surface area contributed by atoms with Gasteiger partial charge in [0.2, 0.25) is 5.91 Å². The molecule has 8 heteroatoms. The highest BCUT2D eigenvalue weighted by Crippen LogP contribution is 2.18. The lowest BCUT2D eigenvalue weighted by Crippen LogP contribution is -2.54. The molecule has 2 amide bonds. The lowest BCUT2D eigenvalue weighted by atomic mass is 10.1. The van der Waals surface area contributed by atoms with Gasteiger partial charge in [0.05, 0.1) is 6.20 Å². The van der Waals surface area contributed by atoms with Crippen molar-refractivity contribution < 1.29 is 14.3 Å². The van der Waals surface area contributed by atoms with E-state index in [1.54, 1.807) is 34.6 Å². The molecule has 1 fully saturated rings. The number of likely N-dealkylation sites (N-methyl/N-ethyl adjacent to an activating group) is 1. The maximum Gasteiger partial charge on any atom is 0.263 e. The van der Waals surface area contributed by atoms with E-state index in [1.165, 1.54) is 0 Å². The second-order valence-electron chi connectivity index (χ2n) is 7.40. The third-order valence-electron chi connectivity index (χ3n) is 5.15. The predicted molar refractivity (Wildman–Crippen MR) is 109 cm³/mol. The van der Waals surface area contributed by atoms with E-state index in [0.717, 1.165) is 11.1 Å². The van der Waals surface area contributed by atoms with E-state index in [4.69, 9.17) is 4.74 Å². The zero-order valence-electron chi connectivity index (χ0n) is 17.5. The third-order valence-corrected chi connectivity index (χ3v) is 5.15. The minimum Gasteiger partial charge on any atom is -0.481 e. The fourth-order valence-corrected chi connectivity index (χ4v) is 3.55. The Balaban J connectivity index is 1.55. The summed E-state index contributed by atoms with van der Waals surface area (Å²) < 4.78 is 7.49. The number of carbonyl (C=O) groups is 2. The van der Waals surface area contributed by atoms with Gasteiger partial charge >= 0.3 is 0 Å². The molecule has 2 unspecified atom stereocenters. The number of aromatic nitrogens is 2. The Bertz CT molecular complexity index is 858. The summed E-state index contributed by atoms with van der Waals surface area (Å²) in [7, 11) is 3.59. The van der Waals surface area contributed by atoms with Gasteiger partial charge in [-0.3, -0.25) is 14.3 Å². The van der Waals surface area contributed by atoms with E-state index >= 15 is 0 Å². The van der Waals surface area contributed by atoms with E-state index in [1.807, 2.05) is 44.4 Å². The average Bonchev–Trinajstić information content (AvgIpc) is 3.14. The number of nitrogens with one attached hydrogen (secondary N) is 1. The zero-order valence-corrected chi connectivity index (χ0v) is 17.5. The van der Waals surface area contributed by atoms with Crippen LogP contribution in [-0.4, -0.2) is 70.7 Å². The number of piperazine rings is 1. The molecule has 0 radical (unpaired) electrons. The number of nitrogens with zero attached hydrogens (tertiary/aromatic N) is 4. The number of carbonyl (C=O) groups excluding carboxylic acids is 2. The summed E-state index contributed by atoms with van der Waals surface area (Å²) in [6.45, 7) is 5.74. The van der Waals surface area contributed by atoms with Crippen LogP contribution in [0.4, 0.5) is 0 Å². The number of hydrogen-bond donors (Lipinski definition) is 1. The van der Waals surface area contributed by atoms with Crippen molar-refractivity contribution in [1.82, 2.24) is 24.9 Å². The Morgan fingerprint density at radius 2 is 1.79 bits per heavy atom. The van der Waals surface area contributed by atoms with Crippen LogP contribution >= 0.6 is 0 Å². The van der Waals surface area contributed by atoms with Gasteiger partial charge in [0, 0.05) is 45.0 Å². The Morgan fingerprint density at radius 1 is 1.14 bits per heavy atom. The lowest BCUT2D eigenvalue weighted by molar-refractivity contribution is -0.144. The van der Waals surface area contributed by atoms with Gasteiger partial charge in [-0.1, -0.05) is 12.1 Å². The number of rotatable bonds is 6. The third kappa shape index (κ3) is 4.95. The van der Waals surface area contributed by atoms with Crippen molar-refractivity contribution >= 4 is 11.8 Å². The highest BCUT2D eigenvalue weighted by atomic mass is 16.5. The Labute approximate surface area is 171 Å². The molecule has 0 aliphatic carbocycles. The van der Waals surface area contributed by atoms with Crippen molar-refractivity contribution in [2.45, 2.75) is 26.0 Å². The van der Waals surface area contributed by atoms with Crippen LogP contribution < -0.4 is 10.1 Å². The summed E-state index contributed by atoms with van der Waals surface area (Å²) in [4.78, 5) is 29.2. The highest BCUT2D eigenvalue weighted by molar-refractivity contribution is 5.84. The van der Waals surface area contributed by atoms with Crippen molar-refractivity contribution in [2.24, 2.45) is 7.05 Å². The van der Waals surface area contributed by atoms with Gasteiger partial charge in [0.1, 0.15) is 11.8 Å². The lowest BCUT2D eigenvalue weighted by Gasteiger charge is -2.37. The molecule has 2 aromatic rings. The second-order valence-corrected chi connectivity index (χ2v) is 7.40. The fourth-order valence-electron chi connectivity index (χ4n) is 3.55. The molecule has 0 spiro atoms. The SMILES string of the molecule is CNC(C(=O)N1CCN(C(=O)C(C)Oc2cccc(C)c2)CC1)c1cnn(C)c1. The zero-order chi connectivity index (χ0) is 21.0. The topological polar surface area (TPSA) is 79.7 Å². The summed E-state index contributed by atoms with van der Waals surface area (Å²) >= 11 is 0. The Hall–Kier alpha value is -2.87. The summed E-state index contributed by atoms with van der Waals surface area (Å²) in [5.74, 6) is 0.626. The summed E-state index contributed by atoms with van der Waals surface area (Å²) in [5, 5.41) is 7.21. The van der Waals surface area contributed by atoms with Crippen LogP contribution in [0.15, 0.2) is 36.7 Å². The number of amides is 2. The smallest absolute Gasteiger partial charge is 0.263 e. The minimum absolute atomic E-state index is 0.00309. The van der Waals surface area contributed by atoms with Crippen molar-refractivity contribution in [1.29, 1.82) is 0 Å². The molecule has 0 saturated carbocycles. The van der Waals surface area contributed by atoms with Gasteiger partial charge in [-0.05, 0) is 38.6 Å². The number of ether oxygens (including phenoxy) is 1. The average molecular weight is 399 g/mol. The van der Waals surface area contributed by atoms with E-state index in [2.05, 4.69) is 10.4 Å². The van der Waals surface area contributed by atoms with Gasteiger partial charge in [-0.15, -0.1) is 0 Å². The van der Waals surface area contributed by atoms with Crippen LogP contribution in [0, 0.1) is 6.92 Å². The molecule has 1 N–H and O–H groups in total. The predicted octanol–water partition coefficient (Wildman–Crippen LogP) is 1.13. The molecule has 1 saturated heterocycles. The van der Waals surface area contributed by atoms with Crippen LogP contribution in [0.25, 0.3) is 0 Å².